The van der Waals surface area contributed by atoms with E-state index in [0.717, 1.165) is 11.3 Å². The van der Waals surface area contributed by atoms with E-state index in [1.807, 2.05) is 24.3 Å². The van der Waals surface area contributed by atoms with Gasteiger partial charge < -0.3 is 15.4 Å². The van der Waals surface area contributed by atoms with Gasteiger partial charge in [-0.3, -0.25) is 4.79 Å². The maximum absolute atomic E-state index is 12.3. The van der Waals surface area contributed by atoms with Crippen molar-refractivity contribution in [1.82, 2.24) is 15.3 Å². The molecule has 0 aliphatic carbocycles. The minimum absolute atomic E-state index is 0.0251. The standard InChI is InChI=1S/C17H20N4O4S/c1-25-15-5-3-2-4-12(15)10-19-17-18-8-6-14(21-17)16(22)20-13-7-9-26(23,24)11-13/h2-6,8,13H,7,9-11H2,1H3,(H,20,22)(H,18,19,21). The number of nitrogens with one attached hydrogen (secondary N) is 2. The van der Waals surface area contributed by atoms with Gasteiger partial charge in [0.25, 0.3) is 5.91 Å². The Morgan fingerprint density at radius 2 is 2.12 bits per heavy atom. The van der Waals surface area contributed by atoms with Crippen LogP contribution >= 0.6 is 0 Å². The van der Waals surface area contributed by atoms with E-state index < -0.39 is 15.7 Å². The minimum atomic E-state index is -3.05. The molecule has 2 N–H and O–H groups in total. The molecular weight excluding hydrogens is 356 g/mol. The van der Waals surface area contributed by atoms with Crippen LogP contribution in [0.5, 0.6) is 5.75 Å². The Labute approximate surface area is 151 Å². The SMILES string of the molecule is COc1ccccc1CNc1nccc(C(=O)NC2CCS(=O)(=O)C2)n1. The number of amides is 1. The zero-order valence-corrected chi connectivity index (χ0v) is 15.1. The highest BCUT2D eigenvalue weighted by Crippen LogP contribution is 2.18. The third-order valence-corrected chi connectivity index (χ3v) is 5.85. The van der Waals surface area contributed by atoms with Crippen LogP contribution in [-0.2, 0) is 16.4 Å². The van der Waals surface area contributed by atoms with Crippen LogP contribution in [0.3, 0.4) is 0 Å². The molecule has 1 aromatic carbocycles. The molecule has 1 aliphatic rings. The van der Waals surface area contributed by atoms with Crippen molar-refractivity contribution in [3.05, 3.63) is 47.8 Å². The van der Waals surface area contributed by atoms with Crippen molar-refractivity contribution in [2.75, 3.05) is 23.9 Å². The molecule has 1 saturated heterocycles. The summed E-state index contributed by atoms with van der Waals surface area (Å²) in [7, 11) is -1.45. The highest BCUT2D eigenvalue weighted by Gasteiger charge is 2.29. The summed E-state index contributed by atoms with van der Waals surface area (Å²) >= 11 is 0. The number of aromatic nitrogens is 2. The van der Waals surface area contributed by atoms with Gasteiger partial charge in [0.1, 0.15) is 11.4 Å². The van der Waals surface area contributed by atoms with Gasteiger partial charge in [0.15, 0.2) is 9.84 Å². The zero-order chi connectivity index (χ0) is 18.6. The van der Waals surface area contributed by atoms with E-state index in [4.69, 9.17) is 4.74 Å². The molecule has 0 radical (unpaired) electrons. The first-order valence-electron chi connectivity index (χ1n) is 8.17. The molecular formula is C17H20N4O4S. The van der Waals surface area contributed by atoms with E-state index in [2.05, 4.69) is 20.6 Å². The highest BCUT2D eigenvalue weighted by molar-refractivity contribution is 7.91. The Hall–Kier alpha value is -2.68. The predicted molar refractivity (Wildman–Crippen MR) is 96.9 cm³/mol. The summed E-state index contributed by atoms with van der Waals surface area (Å²) in [6, 6.07) is 8.69. The molecule has 1 amide bonds. The number of carbonyl (C=O) groups excluding carboxylic acids is 1. The number of hydrogen-bond donors (Lipinski definition) is 2. The van der Waals surface area contributed by atoms with Gasteiger partial charge in [0.2, 0.25) is 5.95 Å². The van der Waals surface area contributed by atoms with Crippen molar-refractivity contribution in [2.45, 2.75) is 19.0 Å². The number of ether oxygens (including phenoxy) is 1. The third kappa shape index (κ3) is 4.48. The summed E-state index contributed by atoms with van der Waals surface area (Å²) in [4.78, 5) is 20.6. The fraction of sp³-hybridized carbons (Fsp3) is 0.353. The van der Waals surface area contributed by atoms with Crippen LogP contribution in [0.25, 0.3) is 0 Å². The van der Waals surface area contributed by atoms with Gasteiger partial charge in [-0.2, -0.15) is 0 Å². The average molecular weight is 376 g/mol. The quantitative estimate of drug-likeness (QED) is 0.774. The van der Waals surface area contributed by atoms with Crippen LogP contribution in [0.1, 0.15) is 22.5 Å². The van der Waals surface area contributed by atoms with Crippen LogP contribution in [0.4, 0.5) is 5.95 Å². The summed E-state index contributed by atoms with van der Waals surface area (Å²) < 4.78 is 28.3. The predicted octanol–water partition coefficient (Wildman–Crippen LogP) is 1.01. The second kappa shape index (κ2) is 7.69. The fourth-order valence-corrected chi connectivity index (χ4v) is 4.44. The van der Waals surface area contributed by atoms with Crippen LogP contribution in [0.2, 0.25) is 0 Å². The molecule has 1 fully saturated rings. The van der Waals surface area contributed by atoms with Gasteiger partial charge in [-0.05, 0) is 18.6 Å². The molecule has 2 aromatic rings. The molecule has 1 aromatic heterocycles. The lowest BCUT2D eigenvalue weighted by molar-refractivity contribution is 0.0936. The monoisotopic (exact) mass is 376 g/mol. The van der Waals surface area contributed by atoms with E-state index in [1.54, 1.807) is 7.11 Å². The molecule has 1 aliphatic heterocycles. The maximum atomic E-state index is 12.3. The van der Waals surface area contributed by atoms with Gasteiger partial charge in [-0.25, -0.2) is 18.4 Å². The van der Waals surface area contributed by atoms with Gasteiger partial charge in [-0.1, -0.05) is 18.2 Å². The van der Waals surface area contributed by atoms with Gasteiger partial charge in [0, 0.05) is 24.3 Å². The van der Waals surface area contributed by atoms with Crippen LogP contribution in [0.15, 0.2) is 36.5 Å². The van der Waals surface area contributed by atoms with Crippen molar-refractivity contribution in [3.8, 4) is 5.75 Å². The van der Waals surface area contributed by atoms with E-state index in [1.165, 1.54) is 12.3 Å². The molecule has 9 heteroatoms. The lowest BCUT2D eigenvalue weighted by Gasteiger charge is -2.12. The summed E-state index contributed by atoms with van der Waals surface area (Å²) in [6.45, 7) is 0.440. The smallest absolute Gasteiger partial charge is 0.270 e. The molecule has 8 nitrogen and oxygen atoms in total. The Bertz CT molecular complexity index is 901. The molecule has 0 saturated carbocycles. The topological polar surface area (TPSA) is 110 Å². The Morgan fingerprint density at radius 3 is 2.85 bits per heavy atom. The van der Waals surface area contributed by atoms with E-state index >= 15 is 0 Å². The van der Waals surface area contributed by atoms with Crippen molar-refractivity contribution in [2.24, 2.45) is 0 Å². The van der Waals surface area contributed by atoms with Crippen molar-refractivity contribution < 1.29 is 17.9 Å². The van der Waals surface area contributed by atoms with E-state index in [9.17, 15) is 13.2 Å². The number of carbonyl (C=O) groups is 1. The number of methoxy groups -OCH3 is 1. The third-order valence-electron chi connectivity index (χ3n) is 4.09. The van der Waals surface area contributed by atoms with Gasteiger partial charge in [0.05, 0.1) is 18.6 Å². The summed E-state index contributed by atoms with van der Waals surface area (Å²) in [5.41, 5.74) is 1.12. The lowest BCUT2D eigenvalue weighted by atomic mass is 10.2. The highest BCUT2D eigenvalue weighted by atomic mass is 32.2. The van der Waals surface area contributed by atoms with Crippen molar-refractivity contribution >= 4 is 21.7 Å². The first-order valence-corrected chi connectivity index (χ1v) is 9.99. The maximum Gasteiger partial charge on any atom is 0.270 e. The number of sulfone groups is 1. The largest absolute Gasteiger partial charge is 0.496 e. The molecule has 1 atom stereocenters. The molecule has 2 heterocycles. The van der Waals surface area contributed by atoms with Gasteiger partial charge >= 0.3 is 0 Å². The lowest BCUT2D eigenvalue weighted by Crippen LogP contribution is -2.36. The molecule has 0 spiro atoms. The van der Waals surface area contributed by atoms with E-state index in [-0.39, 0.29) is 23.2 Å². The number of rotatable bonds is 6. The molecule has 138 valence electrons. The fourth-order valence-electron chi connectivity index (χ4n) is 2.76. The van der Waals surface area contributed by atoms with Crippen LogP contribution in [-0.4, -0.2) is 49.0 Å². The first-order chi connectivity index (χ1) is 12.5. The normalized spacial score (nSPS) is 18.3. The number of nitrogens with zero attached hydrogens (tertiary/aromatic N) is 2. The zero-order valence-electron chi connectivity index (χ0n) is 14.3. The summed E-state index contributed by atoms with van der Waals surface area (Å²) in [5, 5.41) is 5.77. The molecule has 26 heavy (non-hydrogen) atoms. The average Bonchev–Trinajstić information content (AvgIpc) is 2.98. The number of para-hydroxylation sites is 1. The Balaban J connectivity index is 1.63. The van der Waals surface area contributed by atoms with Crippen molar-refractivity contribution in [1.29, 1.82) is 0 Å². The van der Waals surface area contributed by atoms with Crippen molar-refractivity contribution in [3.63, 3.8) is 0 Å². The second-order valence-corrected chi connectivity index (χ2v) is 8.23. The summed E-state index contributed by atoms with van der Waals surface area (Å²) in [5.74, 6) is 0.727. The number of anilines is 1. The number of hydrogen-bond acceptors (Lipinski definition) is 7. The first kappa shape index (κ1) is 18.1. The molecule has 0 bridgehead atoms. The van der Waals surface area contributed by atoms with Crippen LogP contribution < -0.4 is 15.4 Å². The van der Waals surface area contributed by atoms with E-state index in [0.29, 0.717) is 18.9 Å². The number of benzene rings is 1. The Kier molecular flexibility index (Phi) is 5.36. The second-order valence-electron chi connectivity index (χ2n) is 6.00. The Morgan fingerprint density at radius 1 is 1.31 bits per heavy atom. The van der Waals surface area contributed by atoms with Crippen LogP contribution in [0, 0.1) is 0 Å². The molecule has 3 rings (SSSR count). The molecule has 1 unspecified atom stereocenters. The summed E-state index contributed by atoms with van der Waals surface area (Å²) in [6.07, 6.45) is 1.91. The van der Waals surface area contributed by atoms with Gasteiger partial charge in [-0.15, -0.1) is 0 Å². The minimum Gasteiger partial charge on any atom is -0.496 e.